The third-order valence-electron chi connectivity index (χ3n) is 3.38. The van der Waals surface area contributed by atoms with Crippen LogP contribution in [-0.2, 0) is 13.6 Å². The van der Waals surface area contributed by atoms with Gasteiger partial charge in [0.2, 0.25) is 12.4 Å². The molecule has 3 aromatic rings. The topological polar surface area (TPSA) is 109 Å². The van der Waals surface area contributed by atoms with E-state index in [1.807, 2.05) is 0 Å². The van der Waals surface area contributed by atoms with Crippen LogP contribution < -0.4 is 10.7 Å². The molecule has 0 atom stereocenters. The number of hydrogen-bond donors (Lipinski definition) is 2. The number of furan rings is 1. The first-order valence-corrected chi connectivity index (χ1v) is 10.8. The fraction of sp³-hybridized carbons (Fsp3) is 0.0667. The van der Waals surface area contributed by atoms with Crippen molar-refractivity contribution >= 4 is 45.0 Å². The van der Waals surface area contributed by atoms with Gasteiger partial charge in [0.15, 0.2) is 0 Å². The van der Waals surface area contributed by atoms with Crippen LogP contribution in [0, 0.1) is 0 Å². The Kier molecular flexibility index (Phi) is 4.45. The Morgan fingerprint density at radius 1 is 1.29 bits per heavy atom. The van der Waals surface area contributed by atoms with Gasteiger partial charge in [0.25, 0.3) is 5.91 Å². The van der Waals surface area contributed by atoms with Crippen LogP contribution >= 0.6 is 21.2 Å². The lowest BCUT2D eigenvalue weighted by molar-refractivity contribution is 0.0947. The minimum absolute atomic E-state index is 0.00856. The molecule has 0 saturated carbocycles. The van der Waals surface area contributed by atoms with E-state index in [1.54, 1.807) is 12.1 Å². The summed E-state index contributed by atoms with van der Waals surface area (Å²) in [6.45, 7) is 0.144. The number of aromatic amines is 1. The predicted octanol–water partition coefficient (Wildman–Crippen LogP) is 2.17. The van der Waals surface area contributed by atoms with Gasteiger partial charge in [-0.15, -0.1) is 0 Å². The number of carbonyl (C=O) groups is 1. The molecule has 2 aromatic heterocycles. The molecule has 9 heteroatoms. The molecule has 7 nitrogen and oxygen atoms in total. The van der Waals surface area contributed by atoms with E-state index in [9.17, 15) is 18.0 Å². The van der Waals surface area contributed by atoms with Crippen molar-refractivity contribution in [1.82, 2.24) is 10.3 Å². The third-order valence-corrected chi connectivity index (χ3v) is 5.72. The Hall–Kier alpha value is -2.14. The quantitative estimate of drug-likeness (QED) is 0.460. The first-order chi connectivity index (χ1) is 11.4. The molecule has 2 heterocycles. The summed E-state index contributed by atoms with van der Waals surface area (Å²) in [5, 5.41) is 2.72. The van der Waals surface area contributed by atoms with E-state index < -0.39 is 18.3 Å². The number of carbonyl (C=O) groups excluding carboxylic acids is 1. The van der Waals surface area contributed by atoms with Crippen molar-refractivity contribution in [2.24, 2.45) is 0 Å². The summed E-state index contributed by atoms with van der Waals surface area (Å²) in [5.41, 5.74) is -0.189. The van der Waals surface area contributed by atoms with Gasteiger partial charge in [0.05, 0.1) is 38.9 Å². The van der Waals surface area contributed by atoms with Gasteiger partial charge in [-0.3, -0.25) is 9.59 Å². The highest BCUT2D eigenvalue weighted by Gasteiger charge is 2.16. The summed E-state index contributed by atoms with van der Waals surface area (Å²) in [5.74, 6) is -0.0175. The molecule has 0 spiro atoms. The third kappa shape index (κ3) is 3.36. The number of halogens is 1. The summed E-state index contributed by atoms with van der Waals surface area (Å²) < 4.78 is 28.4. The minimum Gasteiger partial charge on any atom is -0.467 e. The number of pyridine rings is 1. The molecule has 0 saturated heterocycles. The summed E-state index contributed by atoms with van der Waals surface area (Å²) in [6.07, 6.45) is 2.79. The lowest BCUT2D eigenvalue weighted by Gasteiger charge is -2.05. The van der Waals surface area contributed by atoms with Crippen molar-refractivity contribution < 1.29 is 17.6 Å². The standard InChI is InChI=1S/C15H11IN2O5S/c16-24(21,22)10-3-4-13-11(6-10)14(19)12(8-17-13)15(20)18-7-9-2-1-5-23-9/h1-6,8H,7H2,(H,17,19)(H,18,20). The second-order valence-electron chi connectivity index (χ2n) is 4.94. The summed E-state index contributed by atoms with van der Waals surface area (Å²) in [4.78, 5) is 27.5. The molecule has 0 aliphatic carbocycles. The number of aromatic nitrogens is 1. The van der Waals surface area contributed by atoms with Crippen LogP contribution in [0.3, 0.4) is 0 Å². The van der Waals surface area contributed by atoms with Crippen molar-refractivity contribution in [3.8, 4) is 0 Å². The monoisotopic (exact) mass is 458 g/mol. The van der Waals surface area contributed by atoms with E-state index in [0.29, 0.717) is 11.3 Å². The van der Waals surface area contributed by atoms with Crippen molar-refractivity contribution in [2.45, 2.75) is 11.4 Å². The minimum atomic E-state index is -3.48. The molecule has 2 N–H and O–H groups in total. The van der Waals surface area contributed by atoms with Crippen LogP contribution in [0.5, 0.6) is 0 Å². The van der Waals surface area contributed by atoms with Crippen LogP contribution in [0.1, 0.15) is 16.1 Å². The number of nitrogens with one attached hydrogen (secondary N) is 2. The molecule has 3 rings (SSSR count). The molecular formula is C15H11IN2O5S. The molecule has 0 unspecified atom stereocenters. The molecule has 1 amide bonds. The van der Waals surface area contributed by atoms with Crippen LogP contribution in [0.4, 0.5) is 0 Å². The van der Waals surface area contributed by atoms with E-state index in [1.165, 1.54) is 51.9 Å². The van der Waals surface area contributed by atoms with E-state index >= 15 is 0 Å². The van der Waals surface area contributed by atoms with Crippen molar-refractivity contribution in [3.63, 3.8) is 0 Å². The maximum absolute atomic E-state index is 12.5. The molecular weight excluding hydrogens is 447 g/mol. The summed E-state index contributed by atoms with van der Waals surface area (Å²) >= 11 is 1.30. The van der Waals surface area contributed by atoms with Gasteiger partial charge in [0, 0.05) is 17.1 Å². The van der Waals surface area contributed by atoms with Gasteiger partial charge in [-0.2, -0.15) is 0 Å². The van der Waals surface area contributed by atoms with Crippen LogP contribution in [-0.4, -0.2) is 19.3 Å². The van der Waals surface area contributed by atoms with Crippen LogP contribution in [0.2, 0.25) is 0 Å². The second kappa shape index (κ2) is 6.40. The Bertz CT molecular complexity index is 1070. The van der Waals surface area contributed by atoms with Gasteiger partial charge in [-0.1, -0.05) is 0 Å². The summed E-state index contributed by atoms with van der Waals surface area (Å²) in [6, 6.07) is 7.54. The SMILES string of the molecule is O=C(NCc1ccco1)c1c[nH]c2ccc(S(=O)(=O)I)cc2c1=O. The molecule has 1 aromatic carbocycles. The molecule has 0 radical (unpaired) electrons. The smallest absolute Gasteiger partial charge is 0.257 e. The molecule has 24 heavy (non-hydrogen) atoms. The fourth-order valence-corrected chi connectivity index (χ4v) is 3.50. The van der Waals surface area contributed by atoms with Crippen molar-refractivity contribution in [2.75, 3.05) is 0 Å². The molecule has 0 aliphatic heterocycles. The zero-order valence-corrected chi connectivity index (χ0v) is 15.1. The molecule has 0 bridgehead atoms. The number of rotatable bonds is 4. The maximum Gasteiger partial charge on any atom is 0.257 e. The average Bonchev–Trinajstić information content (AvgIpc) is 3.05. The number of amides is 1. The van der Waals surface area contributed by atoms with Crippen LogP contribution in [0.15, 0.2) is 56.9 Å². The Morgan fingerprint density at radius 3 is 2.75 bits per heavy atom. The molecule has 0 aliphatic rings. The Labute approximate surface area is 148 Å². The van der Waals surface area contributed by atoms with Gasteiger partial charge in [0.1, 0.15) is 11.3 Å². The largest absolute Gasteiger partial charge is 0.467 e. The first kappa shape index (κ1) is 16.7. The Balaban J connectivity index is 1.98. The van der Waals surface area contributed by atoms with E-state index in [0.717, 1.165) is 0 Å². The maximum atomic E-state index is 12.5. The summed E-state index contributed by atoms with van der Waals surface area (Å²) in [7, 11) is -3.48. The van der Waals surface area contributed by atoms with E-state index in [4.69, 9.17) is 4.42 Å². The zero-order valence-electron chi connectivity index (χ0n) is 12.1. The van der Waals surface area contributed by atoms with Crippen LogP contribution in [0.25, 0.3) is 10.9 Å². The number of benzene rings is 1. The average molecular weight is 458 g/mol. The lowest BCUT2D eigenvalue weighted by atomic mass is 10.1. The van der Waals surface area contributed by atoms with Gasteiger partial charge in [-0.25, -0.2) is 8.42 Å². The van der Waals surface area contributed by atoms with Gasteiger partial charge < -0.3 is 14.7 Å². The molecule has 124 valence electrons. The Morgan fingerprint density at radius 2 is 2.08 bits per heavy atom. The number of fused-ring (bicyclic) bond motifs is 1. The fourth-order valence-electron chi connectivity index (χ4n) is 2.19. The zero-order chi connectivity index (χ0) is 17.3. The molecule has 0 fully saturated rings. The van der Waals surface area contributed by atoms with E-state index in [2.05, 4.69) is 10.3 Å². The van der Waals surface area contributed by atoms with Gasteiger partial charge in [-0.05, 0) is 30.3 Å². The highest BCUT2D eigenvalue weighted by molar-refractivity contribution is 14.2. The first-order valence-electron chi connectivity index (χ1n) is 6.77. The normalized spacial score (nSPS) is 11.5. The number of H-pyrrole nitrogens is 1. The highest BCUT2D eigenvalue weighted by Crippen LogP contribution is 2.20. The lowest BCUT2D eigenvalue weighted by Crippen LogP contribution is -2.28. The second-order valence-corrected chi connectivity index (χ2v) is 9.76. The van der Waals surface area contributed by atoms with E-state index in [-0.39, 0.29) is 22.4 Å². The van der Waals surface area contributed by atoms with Crippen molar-refractivity contribution in [1.29, 1.82) is 0 Å². The van der Waals surface area contributed by atoms with Gasteiger partial charge >= 0.3 is 0 Å². The number of hydrogen-bond acceptors (Lipinski definition) is 5. The van der Waals surface area contributed by atoms with Crippen molar-refractivity contribution in [3.05, 3.63) is 64.3 Å². The predicted molar refractivity (Wildman–Crippen MR) is 95.7 cm³/mol. The highest BCUT2D eigenvalue weighted by atomic mass is 127.